The highest BCUT2D eigenvalue weighted by atomic mass is 35.5. The van der Waals surface area contributed by atoms with Crippen LogP contribution in [0.4, 0.5) is 5.69 Å². The lowest BCUT2D eigenvalue weighted by Gasteiger charge is -2.07. The number of hydrogen-bond acceptors (Lipinski definition) is 5. The predicted molar refractivity (Wildman–Crippen MR) is 97.9 cm³/mol. The smallest absolute Gasteiger partial charge is 0.297 e. The van der Waals surface area contributed by atoms with E-state index in [0.717, 1.165) is 0 Å². The first-order valence-electron chi connectivity index (χ1n) is 7.57. The van der Waals surface area contributed by atoms with Gasteiger partial charge in [0.25, 0.3) is 5.03 Å². The number of carbonyl (C=O) groups excluding carboxylic acids is 1. The summed E-state index contributed by atoms with van der Waals surface area (Å²) in [5, 5.41) is 19.3. The van der Waals surface area contributed by atoms with E-state index in [2.05, 4.69) is 10.6 Å². The highest BCUT2D eigenvalue weighted by Gasteiger charge is 2.21. The average molecular weight is 410 g/mol. The van der Waals surface area contributed by atoms with Crippen LogP contribution in [0.2, 0.25) is 10.0 Å². The Labute approximate surface area is 163 Å². The van der Waals surface area contributed by atoms with Gasteiger partial charge in [-0.2, -0.15) is 0 Å². The van der Waals surface area contributed by atoms with Crippen LogP contribution >= 0.6 is 35.0 Å². The fourth-order valence-corrected chi connectivity index (χ4v) is 3.39. The van der Waals surface area contributed by atoms with E-state index in [1.807, 2.05) is 18.2 Å². The number of thioether (sulfide) groups is 1. The molecule has 6 nitrogen and oxygen atoms in total. The fourth-order valence-electron chi connectivity index (χ4n) is 2.15. The summed E-state index contributed by atoms with van der Waals surface area (Å²) in [4.78, 5) is 12.1. The van der Waals surface area contributed by atoms with Crippen LogP contribution in [0.1, 0.15) is 6.42 Å². The van der Waals surface area contributed by atoms with Gasteiger partial charge in [0.1, 0.15) is 0 Å². The fraction of sp³-hybridized carbons (Fsp3) is 0.118. The van der Waals surface area contributed by atoms with Crippen molar-refractivity contribution in [2.24, 2.45) is 0 Å². The number of nitrogens with zero attached hydrogens (tertiary/aromatic N) is 2. The number of halogens is 2. The zero-order chi connectivity index (χ0) is 18.5. The molecule has 1 amide bonds. The van der Waals surface area contributed by atoms with Crippen LogP contribution < -0.4 is 15.1 Å². The van der Waals surface area contributed by atoms with E-state index in [9.17, 15) is 9.90 Å². The van der Waals surface area contributed by atoms with Gasteiger partial charge in [-0.05, 0) is 16.8 Å². The van der Waals surface area contributed by atoms with Crippen LogP contribution in [0.5, 0.6) is 5.95 Å². The maximum absolute atomic E-state index is 12.1. The Morgan fingerprint density at radius 1 is 1.19 bits per heavy atom. The SMILES string of the molecule is O=C(CCSc1c([O-])on[n+]1-c1ccccc1)Nc1cccc(Cl)c1Cl. The van der Waals surface area contributed by atoms with Crippen molar-refractivity contribution in [1.29, 1.82) is 0 Å². The Hall–Kier alpha value is -2.22. The van der Waals surface area contributed by atoms with Gasteiger partial charge in [-0.25, -0.2) is 0 Å². The lowest BCUT2D eigenvalue weighted by atomic mass is 10.3. The van der Waals surface area contributed by atoms with Gasteiger partial charge in [-0.3, -0.25) is 4.79 Å². The number of benzene rings is 2. The lowest BCUT2D eigenvalue weighted by Crippen LogP contribution is -2.34. The second kappa shape index (κ2) is 8.44. The molecule has 0 aliphatic heterocycles. The number of para-hydroxylation sites is 1. The Bertz CT molecular complexity index is 919. The molecule has 0 fully saturated rings. The van der Waals surface area contributed by atoms with E-state index in [1.165, 1.54) is 16.4 Å². The molecule has 0 saturated heterocycles. The minimum absolute atomic E-state index is 0.174. The van der Waals surface area contributed by atoms with Gasteiger partial charge < -0.3 is 14.9 Å². The third-order valence-corrected chi connectivity index (χ3v) is 5.21. The first-order valence-corrected chi connectivity index (χ1v) is 9.31. The number of aromatic nitrogens is 2. The second-order valence-corrected chi connectivity index (χ2v) is 7.03. The molecule has 0 bridgehead atoms. The first kappa shape index (κ1) is 18.6. The van der Waals surface area contributed by atoms with Crippen molar-refractivity contribution in [2.45, 2.75) is 11.4 Å². The van der Waals surface area contributed by atoms with E-state index in [1.54, 1.807) is 30.3 Å². The summed E-state index contributed by atoms with van der Waals surface area (Å²) in [7, 11) is 0. The Kier molecular flexibility index (Phi) is 6.03. The van der Waals surface area contributed by atoms with E-state index in [0.29, 0.717) is 27.2 Å². The molecule has 1 heterocycles. The average Bonchev–Trinajstić information content (AvgIpc) is 3.01. The summed E-state index contributed by atoms with van der Waals surface area (Å²) in [6, 6.07) is 14.1. The highest BCUT2D eigenvalue weighted by Crippen LogP contribution is 2.30. The van der Waals surface area contributed by atoms with Crippen molar-refractivity contribution in [3.63, 3.8) is 0 Å². The molecule has 3 aromatic rings. The molecule has 0 saturated carbocycles. The molecule has 1 N–H and O–H groups in total. The molecule has 1 aromatic heterocycles. The molecule has 134 valence electrons. The molecule has 3 rings (SSSR count). The Morgan fingerprint density at radius 2 is 1.96 bits per heavy atom. The molecular formula is C17H13Cl2N3O3S. The van der Waals surface area contributed by atoms with Crippen LogP contribution in [0.3, 0.4) is 0 Å². The number of amides is 1. The topological polar surface area (TPSA) is 82.1 Å². The maximum Gasteiger partial charge on any atom is 0.297 e. The third-order valence-electron chi connectivity index (χ3n) is 3.37. The zero-order valence-electron chi connectivity index (χ0n) is 13.3. The minimum atomic E-state index is -0.544. The van der Waals surface area contributed by atoms with E-state index in [-0.39, 0.29) is 17.4 Å². The van der Waals surface area contributed by atoms with Gasteiger partial charge in [0.2, 0.25) is 11.6 Å². The summed E-state index contributed by atoms with van der Waals surface area (Å²) >= 11 is 13.2. The van der Waals surface area contributed by atoms with Gasteiger partial charge in [-0.15, -0.1) is 0 Å². The Morgan fingerprint density at radius 3 is 2.73 bits per heavy atom. The molecule has 26 heavy (non-hydrogen) atoms. The molecule has 0 aliphatic rings. The predicted octanol–water partition coefficient (Wildman–Crippen LogP) is 3.45. The standard InChI is InChI=1S/C17H13Cl2N3O3S/c18-12-7-4-8-13(15(12)19)20-14(23)9-10-26-16-17(24)25-21-22(16)11-5-2-1-3-6-11/h1-8H,9-10H2,(H-,20,21,23,24). The summed E-state index contributed by atoms with van der Waals surface area (Å²) < 4.78 is 6.15. The summed E-state index contributed by atoms with van der Waals surface area (Å²) in [5.41, 5.74) is 1.15. The van der Waals surface area contributed by atoms with Crippen LogP contribution in [0.25, 0.3) is 5.69 Å². The molecule has 0 atom stereocenters. The molecule has 9 heteroatoms. The monoisotopic (exact) mass is 409 g/mol. The number of anilines is 1. The summed E-state index contributed by atoms with van der Waals surface area (Å²) in [5.74, 6) is -0.415. The van der Waals surface area contributed by atoms with E-state index >= 15 is 0 Å². The van der Waals surface area contributed by atoms with Crippen molar-refractivity contribution >= 4 is 46.6 Å². The second-order valence-electron chi connectivity index (χ2n) is 5.16. The van der Waals surface area contributed by atoms with E-state index in [4.69, 9.17) is 27.7 Å². The Balaban J connectivity index is 1.61. The van der Waals surface area contributed by atoms with Crippen molar-refractivity contribution in [3.05, 3.63) is 58.6 Å². The number of carbonyl (C=O) groups is 1. The summed E-state index contributed by atoms with van der Waals surface area (Å²) in [6.45, 7) is 0. The van der Waals surface area contributed by atoms with Gasteiger partial charge in [0.05, 0.1) is 21.0 Å². The van der Waals surface area contributed by atoms with Crippen molar-refractivity contribution in [2.75, 3.05) is 11.1 Å². The largest absolute Gasteiger partial charge is 0.538 e. The van der Waals surface area contributed by atoms with Crippen molar-refractivity contribution in [3.8, 4) is 11.6 Å². The molecule has 0 spiro atoms. The number of hydrogen-bond donors (Lipinski definition) is 1. The van der Waals surface area contributed by atoms with Gasteiger partial charge in [0, 0.05) is 24.3 Å². The zero-order valence-corrected chi connectivity index (χ0v) is 15.6. The van der Waals surface area contributed by atoms with Gasteiger partial charge in [-0.1, -0.05) is 59.2 Å². The van der Waals surface area contributed by atoms with Crippen molar-refractivity contribution in [1.82, 2.24) is 5.27 Å². The van der Waals surface area contributed by atoms with Gasteiger partial charge >= 0.3 is 0 Å². The quantitative estimate of drug-likeness (QED) is 0.497. The number of rotatable bonds is 6. The number of nitrogens with one attached hydrogen (secondary N) is 1. The molecule has 2 aromatic carbocycles. The van der Waals surface area contributed by atoms with Gasteiger partial charge in [0.15, 0.2) is 5.95 Å². The first-order chi connectivity index (χ1) is 12.6. The van der Waals surface area contributed by atoms with Crippen molar-refractivity contribution < 1.29 is 19.1 Å². The minimum Gasteiger partial charge on any atom is -0.538 e. The third kappa shape index (κ3) is 4.30. The molecule has 0 unspecified atom stereocenters. The maximum atomic E-state index is 12.1. The van der Waals surface area contributed by atoms with Crippen LogP contribution in [-0.4, -0.2) is 16.9 Å². The molecule has 0 radical (unpaired) electrons. The van der Waals surface area contributed by atoms with E-state index < -0.39 is 5.95 Å². The van der Waals surface area contributed by atoms with Crippen LogP contribution in [0.15, 0.2) is 58.1 Å². The lowest BCUT2D eigenvalue weighted by molar-refractivity contribution is -0.705. The molecule has 0 aliphatic carbocycles. The highest BCUT2D eigenvalue weighted by molar-refractivity contribution is 7.99. The molecular weight excluding hydrogens is 397 g/mol. The van der Waals surface area contributed by atoms with Crippen LogP contribution in [0, 0.1) is 0 Å². The summed E-state index contributed by atoms with van der Waals surface area (Å²) in [6.07, 6.45) is 0.174. The van der Waals surface area contributed by atoms with Crippen LogP contribution in [-0.2, 0) is 4.79 Å². The normalized spacial score (nSPS) is 10.7.